The summed E-state index contributed by atoms with van der Waals surface area (Å²) in [6, 6.07) is 0. The van der Waals surface area contributed by atoms with Gasteiger partial charge >= 0.3 is 6.15 Å². The Morgan fingerprint density at radius 3 is 0.588 bits per heavy atom. The van der Waals surface area contributed by atoms with Gasteiger partial charge in [0.25, 0.3) is 5.09 Å². The number of hydrogen-bond donors (Lipinski definition) is 1. The van der Waals surface area contributed by atoms with E-state index in [0.717, 1.165) is 0 Å². The van der Waals surface area contributed by atoms with Crippen molar-refractivity contribution in [1.82, 2.24) is 6.15 Å². The van der Waals surface area contributed by atoms with Crippen molar-refractivity contribution in [2.24, 2.45) is 0 Å². The molecule has 0 aromatic carbocycles. The van der Waals surface area contributed by atoms with Crippen LogP contribution >= 0.6 is 0 Å². The summed E-state index contributed by atoms with van der Waals surface area (Å²) in [6.07, 6.45) is 0. The van der Waals surface area contributed by atoms with Crippen molar-refractivity contribution >= 4 is 0 Å². The van der Waals surface area contributed by atoms with Crippen molar-refractivity contribution in [2.75, 3.05) is 0 Å². The molecule has 0 aliphatic rings. The Kier molecular flexibility index (Phi) is 39.3. The fourth-order valence-corrected chi connectivity index (χ4v) is 0. The molecular formula is HN5O12. The Balaban J connectivity index is -0.0000000369. The Morgan fingerprint density at radius 1 is 0.588 bits per heavy atom. The van der Waals surface area contributed by atoms with Crippen LogP contribution in [0.25, 0.3) is 0 Å². The first-order valence-corrected chi connectivity index (χ1v) is 2.21. The molecule has 17 heavy (non-hydrogen) atoms. The zero-order valence-electron chi connectivity index (χ0n) is 7.17. The van der Waals surface area contributed by atoms with Gasteiger partial charge in [0.15, 0.2) is 0 Å². The van der Waals surface area contributed by atoms with Crippen molar-refractivity contribution in [3.05, 3.63) is 56.1 Å². The van der Waals surface area contributed by atoms with Crippen LogP contribution in [0.5, 0.6) is 0 Å². The van der Waals surface area contributed by atoms with Gasteiger partial charge in [-0.2, -0.15) is 0 Å². The molecule has 0 fully saturated rings. The summed E-state index contributed by atoms with van der Waals surface area (Å²) in [4.78, 5) is 33.1. The molecular weight excluding hydrogens is 262 g/mol. The van der Waals surface area contributed by atoms with Crippen LogP contribution in [0.1, 0.15) is 0 Å². The van der Waals surface area contributed by atoms with Crippen LogP contribution in [0.15, 0.2) is 0 Å². The quantitative estimate of drug-likeness (QED) is 0.383. The minimum absolute atomic E-state index is 0. The average Bonchev–Trinajstić information content (AvgIpc) is 1.76. The third-order valence-electron chi connectivity index (χ3n) is 0. The molecule has 1 N–H and O–H groups in total. The molecule has 0 aromatic rings. The lowest BCUT2D eigenvalue weighted by Gasteiger charge is -1.74. The highest BCUT2D eigenvalue weighted by molar-refractivity contribution is 4.04. The van der Waals surface area contributed by atoms with Crippen molar-refractivity contribution < 1.29 is 25.6 Å². The van der Waals surface area contributed by atoms with Crippen LogP contribution in [0.4, 0.5) is 0 Å². The molecule has 17 nitrogen and oxygen atoms in total. The summed E-state index contributed by atoms with van der Waals surface area (Å²) >= 11 is 0. The summed E-state index contributed by atoms with van der Waals surface area (Å²) in [7, 11) is 0. The molecule has 0 spiro atoms. The highest BCUT2D eigenvalue weighted by atomic mass is 16.9. The van der Waals surface area contributed by atoms with Gasteiger partial charge in [-0.25, -0.2) is 0 Å². The zero-order chi connectivity index (χ0) is 14.3. The Bertz CT molecular complexity index is 155. The average molecular weight is 263 g/mol. The molecule has 0 rings (SSSR count). The summed E-state index contributed by atoms with van der Waals surface area (Å²) in [5, 5.41) is 57.9. The topological polar surface area (TPSA) is 292 Å². The molecule has 0 aromatic heterocycles. The van der Waals surface area contributed by atoms with Gasteiger partial charge in [-0.15, -0.1) is 10.1 Å². The SMILES string of the molecule is O=[N+]([O-])O.O=[N+]([O-])[O-].O=[N+]([O-])[O-].O=[N+]([O-])[O-].[N+3]. The fraction of sp³-hybridized carbons (Fsp3) is 0. The van der Waals surface area contributed by atoms with Crippen LogP contribution in [-0.4, -0.2) is 25.6 Å². The molecule has 0 amide bonds. The highest BCUT2D eigenvalue weighted by Gasteiger charge is 3.00. The molecule has 98 valence electrons. The maximum atomic E-state index is 8.36. The second-order valence-corrected chi connectivity index (χ2v) is 0.909. The van der Waals surface area contributed by atoms with Crippen LogP contribution < -0.4 is 6.15 Å². The van der Waals surface area contributed by atoms with Gasteiger partial charge < -0.3 is 51.2 Å². The third-order valence-corrected chi connectivity index (χ3v) is 0. The van der Waals surface area contributed by atoms with Gasteiger partial charge in [0.05, 0.1) is 15.3 Å². The molecule has 0 bridgehead atoms. The van der Waals surface area contributed by atoms with Crippen molar-refractivity contribution in [1.29, 1.82) is 0 Å². The fourth-order valence-electron chi connectivity index (χ4n) is 0. The van der Waals surface area contributed by atoms with E-state index in [-0.39, 0.29) is 6.15 Å². The van der Waals surface area contributed by atoms with E-state index in [9.17, 15) is 0 Å². The van der Waals surface area contributed by atoms with E-state index < -0.39 is 20.3 Å². The first kappa shape index (κ1) is 29.2. The lowest BCUT2D eigenvalue weighted by Crippen LogP contribution is -1.81. The first-order valence-electron chi connectivity index (χ1n) is 2.21. The van der Waals surface area contributed by atoms with Crippen LogP contribution in [-0.2, 0) is 0 Å². The summed E-state index contributed by atoms with van der Waals surface area (Å²) < 4.78 is 0. The van der Waals surface area contributed by atoms with Gasteiger partial charge in [-0.05, 0) is 0 Å². The van der Waals surface area contributed by atoms with E-state index >= 15 is 0 Å². The molecule has 0 saturated carbocycles. The largest absolute Gasteiger partial charge is 3.00 e. The summed E-state index contributed by atoms with van der Waals surface area (Å²) in [5.74, 6) is 0. The van der Waals surface area contributed by atoms with E-state index in [4.69, 9.17) is 61.3 Å². The molecule has 0 atom stereocenters. The van der Waals surface area contributed by atoms with Gasteiger partial charge in [0.1, 0.15) is 0 Å². The number of rotatable bonds is 0. The Labute approximate surface area is 89.1 Å². The first-order chi connectivity index (χ1) is 6.93. The van der Waals surface area contributed by atoms with E-state index in [2.05, 4.69) is 0 Å². The van der Waals surface area contributed by atoms with Gasteiger partial charge in [-0.1, -0.05) is 0 Å². The second kappa shape index (κ2) is 22.9. The molecule has 0 aliphatic heterocycles. The predicted octanol–water partition coefficient (Wildman–Crippen LogP) is -1.55. The number of nitrogens with zero attached hydrogens (tertiary/aromatic N) is 5. The van der Waals surface area contributed by atoms with Crippen molar-refractivity contribution in [3.8, 4) is 0 Å². The van der Waals surface area contributed by atoms with Crippen LogP contribution in [0, 0.1) is 56.1 Å². The van der Waals surface area contributed by atoms with Crippen LogP contribution in [0.2, 0.25) is 0 Å². The minimum atomic E-state index is -1.75. The molecule has 0 aliphatic carbocycles. The molecule has 0 saturated heterocycles. The van der Waals surface area contributed by atoms with Crippen molar-refractivity contribution in [2.45, 2.75) is 0 Å². The van der Waals surface area contributed by atoms with Gasteiger partial charge in [0.2, 0.25) is 0 Å². The lowest BCUT2D eigenvalue weighted by molar-refractivity contribution is -0.742. The molecule has 2 radical (unpaired) electrons. The van der Waals surface area contributed by atoms with Gasteiger partial charge in [0, 0.05) is 0 Å². The maximum absolute atomic E-state index is 8.36. The third kappa shape index (κ3) is 113. The standard InChI is InChI=1S/HNO3.3NO3.N/c4*2-1(3)4;/h(H,2,3,4);;;;/q;3*-1;+3. The lowest BCUT2D eigenvalue weighted by atomic mass is 13.1. The van der Waals surface area contributed by atoms with E-state index in [0.29, 0.717) is 0 Å². The molecule has 0 unspecified atom stereocenters. The van der Waals surface area contributed by atoms with E-state index in [1.165, 1.54) is 0 Å². The predicted molar refractivity (Wildman–Crippen MR) is 42.0 cm³/mol. The molecule has 0 heterocycles. The summed E-state index contributed by atoms with van der Waals surface area (Å²) in [5.41, 5.74) is 0. The Morgan fingerprint density at radius 2 is 0.588 bits per heavy atom. The molecule has 17 heteroatoms. The zero-order valence-corrected chi connectivity index (χ0v) is 7.17. The van der Waals surface area contributed by atoms with Gasteiger partial charge in [-0.3, -0.25) is 0 Å². The number of hydrogen-bond acceptors (Lipinski definition) is 11. The van der Waals surface area contributed by atoms with E-state index in [1.807, 2.05) is 0 Å². The summed E-state index contributed by atoms with van der Waals surface area (Å²) in [6.45, 7) is 0. The highest BCUT2D eigenvalue weighted by Crippen LogP contribution is 1.45. The normalized spacial score (nSPS) is 5.65. The maximum Gasteiger partial charge on any atom is 3.00 e. The van der Waals surface area contributed by atoms with Crippen molar-refractivity contribution in [3.63, 3.8) is 0 Å². The smallest absolute Gasteiger partial charge is 0.356 e. The minimum Gasteiger partial charge on any atom is -0.356 e. The van der Waals surface area contributed by atoms with Crippen LogP contribution in [0.3, 0.4) is 0 Å². The second-order valence-electron chi connectivity index (χ2n) is 0.909. The Hall–Kier alpha value is -3.49. The van der Waals surface area contributed by atoms with E-state index in [1.54, 1.807) is 0 Å². The monoisotopic (exact) mass is 263 g/mol.